The lowest BCUT2D eigenvalue weighted by Gasteiger charge is -2.24. The molecule has 0 aliphatic heterocycles. The molecule has 0 aliphatic carbocycles. The number of aliphatic hydroxyl groups excluding tert-OH is 1. The fourth-order valence-corrected chi connectivity index (χ4v) is 2.58. The Hall–Kier alpha value is -1.46. The quantitative estimate of drug-likeness (QED) is 0.686. The Morgan fingerprint density at radius 1 is 1.27 bits per heavy atom. The van der Waals surface area contributed by atoms with Crippen molar-refractivity contribution in [3.8, 4) is 0 Å². The smallest absolute Gasteiger partial charge is 0.222 e. The Balaban J connectivity index is 2.61. The van der Waals surface area contributed by atoms with Crippen LogP contribution in [-0.2, 0) is 11.2 Å². The van der Waals surface area contributed by atoms with Gasteiger partial charge in [0, 0.05) is 19.0 Å². The fraction of sp³-hybridized carbons (Fsp3) is 0.588. The molecule has 4 N–H and O–H groups in total. The number of carbonyl (C=O) groups is 1. The van der Waals surface area contributed by atoms with E-state index < -0.39 is 12.1 Å². The van der Waals surface area contributed by atoms with E-state index in [1.165, 1.54) is 12.1 Å². The van der Waals surface area contributed by atoms with Crippen molar-refractivity contribution >= 4 is 5.91 Å². The second kappa shape index (κ2) is 8.86. The molecule has 0 radical (unpaired) electrons. The van der Waals surface area contributed by atoms with Crippen molar-refractivity contribution in [1.29, 1.82) is 0 Å². The maximum absolute atomic E-state index is 12.9. The molecule has 22 heavy (non-hydrogen) atoms. The van der Waals surface area contributed by atoms with Crippen molar-refractivity contribution in [2.75, 3.05) is 7.05 Å². The standard InChI is InChI=1S/C17H27FN2O2/c1-11(2)8-13(17(22)20-3)10-16(21)15(19)9-12-4-6-14(18)7-5-12/h4-7,11,13,15-16,21H,8-10,19H2,1-3H3,(H,20,22)/t13-,15+,16+/m1/s1. The Bertz CT molecular complexity index is 462. The van der Waals surface area contributed by atoms with Crippen LogP contribution in [0.5, 0.6) is 0 Å². The molecule has 0 fully saturated rings. The van der Waals surface area contributed by atoms with Crippen molar-refractivity contribution in [3.05, 3.63) is 35.6 Å². The molecule has 1 aromatic rings. The molecule has 4 nitrogen and oxygen atoms in total. The Kier molecular flexibility index (Phi) is 7.48. The van der Waals surface area contributed by atoms with E-state index in [2.05, 4.69) is 5.32 Å². The number of nitrogens with one attached hydrogen (secondary N) is 1. The lowest BCUT2D eigenvalue weighted by Crippen LogP contribution is -2.40. The van der Waals surface area contributed by atoms with Crippen LogP contribution in [0.3, 0.4) is 0 Å². The van der Waals surface area contributed by atoms with Gasteiger partial charge in [0.2, 0.25) is 5.91 Å². The number of benzene rings is 1. The van der Waals surface area contributed by atoms with Gasteiger partial charge in [-0.15, -0.1) is 0 Å². The van der Waals surface area contributed by atoms with Crippen LogP contribution in [0.15, 0.2) is 24.3 Å². The second-order valence-electron chi connectivity index (χ2n) is 6.24. The predicted octanol–water partition coefficient (Wildman–Crippen LogP) is 1.85. The molecule has 0 heterocycles. The van der Waals surface area contributed by atoms with Gasteiger partial charge in [-0.25, -0.2) is 4.39 Å². The largest absolute Gasteiger partial charge is 0.391 e. The summed E-state index contributed by atoms with van der Waals surface area (Å²) < 4.78 is 12.9. The van der Waals surface area contributed by atoms with Gasteiger partial charge >= 0.3 is 0 Å². The number of halogens is 1. The number of carbonyl (C=O) groups excluding carboxylic acids is 1. The molecule has 0 aliphatic rings. The van der Waals surface area contributed by atoms with Gasteiger partial charge in [-0.05, 0) is 42.9 Å². The van der Waals surface area contributed by atoms with Crippen LogP contribution in [0.2, 0.25) is 0 Å². The summed E-state index contributed by atoms with van der Waals surface area (Å²) >= 11 is 0. The molecule has 5 heteroatoms. The summed E-state index contributed by atoms with van der Waals surface area (Å²) in [4.78, 5) is 11.9. The lowest BCUT2D eigenvalue weighted by molar-refractivity contribution is -0.126. The molecule has 3 atom stereocenters. The summed E-state index contributed by atoms with van der Waals surface area (Å²) in [5, 5.41) is 12.9. The van der Waals surface area contributed by atoms with Gasteiger partial charge in [-0.2, -0.15) is 0 Å². The molecule has 1 amide bonds. The molecule has 0 aromatic heterocycles. The monoisotopic (exact) mass is 310 g/mol. The molecule has 0 saturated heterocycles. The molecule has 0 bridgehead atoms. The molecular weight excluding hydrogens is 283 g/mol. The van der Waals surface area contributed by atoms with Gasteiger partial charge in [0.25, 0.3) is 0 Å². The highest BCUT2D eigenvalue weighted by Crippen LogP contribution is 2.19. The number of nitrogens with two attached hydrogens (primary N) is 1. The Morgan fingerprint density at radius 2 is 1.86 bits per heavy atom. The van der Waals surface area contributed by atoms with Crippen LogP contribution >= 0.6 is 0 Å². The summed E-state index contributed by atoms with van der Waals surface area (Å²) in [5.41, 5.74) is 6.90. The first-order chi connectivity index (χ1) is 10.3. The van der Waals surface area contributed by atoms with Crippen LogP contribution in [-0.4, -0.2) is 30.2 Å². The second-order valence-corrected chi connectivity index (χ2v) is 6.24. The maximum atomic E-state index is 12.9. The van der Waals surface area contributed by atoms with Gasteiger partial charge in [-0.1, -0.05) is 26.0 Å². The Labute approximate surface area is 131 Å². The average Bonchev–Trinajstić information content (AvgIpc) is 2.47. The third-order valence-electron chi connectivity index (χ3n) is 3.78. The highest BCUT2D eigenvalue weighted by atomic mass is 19.1. The van der Waals surface area contributed by atoms with Crippen LogP contribution in [0.25, 0.3) is 0 Å². The number of aliphatic hydroxyl groups is 1. The number of hydrogen-bond donors (Lipinski definition) is 3. The molecule has 1 rings (SSSR count). The molecule has 0 unspecified atom stereocenters. The van der Waals surface area contributed by atoms with Gasteiger partial charge in [0.1, 0.15) is 5.82 Å². The van der Waals surface area contributed by atoms with E-state index in [0.717, 1.165) is 5.56 Å². The van der Waals surface area contributed by atoms with Crippen molar-refractivity contribution in [3.63, 3.8) is 0 Å². The van der Waals surface area contributed by atoms with Crippen molar-refractivity contribution in [2.24, 2.45) is 17.6 Å². The predicted molar refractivity (Wildman–Crippen MR) is 85.7 cm³/mol. The van der Waals surface area contributed by atoms with Gasteiger partial charge in [-0.3, -0.25) is 4.79 Å². The minimum atomic E-state index is -0.772. The SMILES string of the molecule is CNC(=O)[C@H](CC(C)C)C[C@H](O)[C@@H](N)Cc1ccc(F)cc1. The third-order valence-corrected chi connectivity index (χ3v) is 3.78. The van der Waals surface area contributed by atoms with E-state index in [4.69, 9.17) is 5.73 Å². The highest BCUT2D eigenvalue weighted by molar-refractivity contribution is 5.78. The minimum absolute atomic E-state index is 0.0678. The van der Waals surface area contributed by atoms with Gasteiger partial charge < -0.3 is 16.2 Å². The zero-order valence-corrected chi connectivity index (χ0v) is 13.6. The zero-order chi connectivity index (χ0) is 16.7. The number of hydrogen-bond acceptors (Lipinski definition) is 3. The molecular formula is C17H27FN2O2. The van der Waals surface area contributed by atoms with E-state index in [1.807, 2.05) is 13.8 Å². The third kappa shape index (κ3) is 6.12. The highest BCUT2D eigenvalue weighted by Gasteiger charge is 2.25. The van der Waals surface area contributed by atoms with Gasteiger partial charge in [0.05, 0.1) is 6.10 Å². The van der Waals surface area contributed by atoms with Crippen LogP contribution < -0.4 is 11.1 Å². The number of rotatable bonds is 8. The van der Waals surface area contributed by atoms with Crippen LogP contribution in [0, 0.1) is 17.7 Å². The van der Waals surface area contributed by atoms with Crippen molar-refractivity contribution < 1.29 is 14.3 Å². The topological polar surface area (TPSA) is 75.3 Å². The van der Waals surface area contributed by atoms with E-state index in [-0.39, 0.29) is 17.6 Å². The first kappa shape index (κ1) is 18.6. The van der Waals surface area contributed by atoms with Crippen molar-refractivity contribution in [1.82, 2.24) is 5.32 Å². The number of amides is 1. The van der Waals surface area contributed by atoms with Crippen molar-refractivity contribution in [2.45, 2.75) is 45.3 Å². The summed E-state index contributed by atoms with van der Waals surface area (Å²) in [5.74, 6) is -0.252. The normalized spacial score (nSPS) is 15.4. The summed E-state index contributed by atoms with van der Waals surface area (Å²) in [6, 6.07) is 5.59. The minimum Gasteiger partial charge on any atom is -0.391 e. The molecule has 0 saturated carbocycles. The van der Waals surface area contributed by atoms with Crippen LogP contribution in [0.4, 0.5) is 4.39 Å². The average molecular weight is 310 g/mol. The lowest BCUT2D eigenvalue weighted by atomic mass is 9.88. The zero-order valence-electron chi connectivity index (χ0n) is 13.6. The molecule has 1 aromatic carbocycles. The molecule has 124 valence electrons. The molecule has 0 spiro atoms. The fourth-order valence-electron chi connectivity index (χ4n) is 2.58. The maximum Gasteiger partial charge on any atom is 0.222 e. The first-order valence-electron chi connectivity index (χ1n) is 7.73. The van der Waals surface area contributed by atoms with E-state index in [1.54, 1.807) is 19.2 Å². The Morgan fingerprint density at radius 3 is 2.36 bits per heavy atom. The summed E-state index contributed by atoms with van der Waals surface area (Å²) in [7, 11) is 1.60. The van der Waals surface area contributed by atoms with Crippen LogP contribution in [0.1, 0.15) is 32.3 Å². The summed E-state index contributed by atoms with van der Waals surface area (Å²) in [6.07, 6.45) is 0.718. The summed E-state index contributed by atoms with van der Waals surface area (Å²) in [6.45, 7) is 4.08. The first-order valence-corrected chi connectivity index (χ1v) is 7.73. The van der Waals surface area contributed by atoms with E-state index in [0.29, 0.717) is 25.2 Å². The van der Waals surface area contributed by atoms with E-state index in [9.17, 15) is 14.3 Å². The van der Waals surface area contributed by atoms with Gasteiger partial charge in [0.15, 0.2) is 0 Å². The van der Waals surface area contributed by atoms with E-state index >= 15 is 0 Å².